The van der Waals surface area contributed by atoms with Crippen molar-refractivity contribution in [1.82, 2.24) is 5.32 Å². The third kappa shape index (κ3) is 5.63. The molecule has 2 aromatic rings. The summed E-state index contributed by atoms with van der Waals surface area (Å²) in [6.07, 6.45) is 0. The maximum atomic E-state index is 12.5. The van der Waals surface area contributed by atoms with E-state index in [1.165, 1.54) is 24.3 Å². The molecule has 2 amide bonds. The van der Waals surface area contributed by atoms with Gasteiger partial charge in [0.25, 0.3) is 17.4 Å². The lowest BCUT2D eigenvalue weighted by molar-refractivity contribution is -0.385. The number of rotatable bonds is 7. The normalized spacial score (nSPS) is 10.5. The maximum absolute atomic E-state index is 12.5. The fraction of sp³-hybridized carbons (Fsp3) is 0.125. The number of para-hydroxylation sites is 1. The molecule has 0 radical (unpaired) electrons. The molecule has 0 aliphatic heterocycles. The Morgan fingerprint density at radius 3 is 2.56 bits per heavy atom. The van der Waals surface area contributed by atoms with Crippen LogP contribution in [0.5, 0.6) is 0 Å². The standard InChI is InChI=1S/C16H12ClF2N3O4S/c17-9-4-3-6-11(22(25)26)14(9)15(24)20-8-13(23)21-10-5-1-2-7-12(10)27-16(18)19/h1-7,16H,8H2,(H,20,24)(H,21,23). The third-order valence-corrected chi connectivity index (χ3v) is 4.31. The van der Waals surface area contributed by atoms with Crippen molar-refractivity contribution >= 4 is 46.6 Å². The zero-order valence-corrected chi connectivity index (χ0v) is 15.0. The lowest BCUT2D eigenvalue weighted by Crippen LogP contribution is -2.33. The Hall–Kier alpha value is -2.72. The first-order valence-corrected chi connectivity index (χ1v) is 8.60. The molecule has 142 valence electrons. The van der Waals surface area contributed by atoms with Crippen LogP contribution in [0, 0.1) is 10.1 Å². The second kappa shape index (κ2) is 9.28. The molecule has 11 heteroatoms. The first-order valence-electron chi connectivity index (χ1n) is 7.34. The molecule has 2 aromatic carbocycles. The van der Waals surface area contributed by atoms with Gasteiger partial charge < -0.3 is 10.6 Å². The summed E-state index contributed by atoms with van der Waals surface area (Å²) in [4.78, 5) is 34.6. The van der Waals surface area contributed by atoms with E-state index in [0.29, 0.717) is 0 Å². The molecule has 0 heterocycles. The van der Waals surface area contributed by atoms with Crippen molar-refractivity contribution in [2.75, 3.05) is 11.9 Å². The molecule has 0 saturated heterocycles. The highest BCUT2D eigenvalue weighted by molar-refractivity contribution is 7.99. The molecule has 0 unspecified atom stereocenters. The topological polar surface area (TPSA) is 101 Å². The van der Waals surface area contributed by atoms with E-state index in [0.717, 1.165) is 6.07 Å². The molecule has 7 nitrogen and oxygen atoms in total. The van der Waals surface area contributed by atoms with Crippen molar-refractivity contribution in [2.45, 2.75) is 10.7 Å². The van der Waals surface area contributed by atoms with Crippen LogP contribution in [0.15, 0.2) is 47.4 Å². The van der Waals surface area contributed by atoms with Gasteiger partial charge in [0, 0.05) is 11.0 Å². The van der Waals surface area contributed by atoms with Crippen LogP contribution in [0.25, 0.3) is 0 Å². The maximum Gasteiger partial charge on any atom is 0.288 e. The summed E-state index contributed by atoms with van der Waals surface area (Å²) in [5.74, 6) is -4.26. The quantitative estimate of drug-likeness (QED) is 0.405. The largest absolute Gasteiger partial charge is 0.343 e. The van der Waals surface area contributed by atoms with Crippen LogP contribution in [0.1, 0.15) is 10.4 Å². The second-order valence-corrected chi connectivity index (χ2v) is 6.44. The summed E-state index contributed by atoms with van der Waals surface area (Å²) >= 11 is 6.11. The Labute approximate surface area is 161 Å². The second-order valence-electron chi connectivity index (χ2n) is 5.00. The predicted molar refractivity (Wildman–Crippen MR) is 97.4 cm³/mol. The Kier molecular flexibility index (Phi) is 7.08. The van der Waals surface area contributed by atoms with Crippen molar-refractivity contribution < 1.29 is 23.3 Å². The summed E-state index contributed by atoms with van der Waals surface area (Å²) in [6, 6.07) is 9.68. The Morgan fingerprint density at radius 1 is 1.19 bits per heavy atom. The molecule has 0 bridgehead atoms. The van der Waals surface area contributed by atoms with Gasteiger partial charge in [-0.15, -0.1) is 0 Å². The Bertz CT molecular complexity index is 882. The summed E-state index contributed by atoms with van der Waals surface area (Å²) < 4.78 is 25.1. The van der Waals surface area contributed by atoms with Crippen LogP contribution in [-0.4, -0.2) is 29.0 Å². The number of hydrogen-bond donors (Lipinski definition) is 2. The molecule has 0 aliphatic carbocycles. The zero-order valence-electron chi connectivity index (χ0n) is 13.4. The lowest BCUT2D eigenvalue weighted by atomic mass is 10.1. The highest BCUT2D eigenvalue weighted by Gasteiger charge is 2.23. The highest BCUT2D eigenvalue weighted by Crippen LogP contribution is 2.31. The number of nitrogens with one attached hydrogen (secondary N) is 2. The number of anilines is 1. The molecule has 2 rings (SSSR count). The van der Waals surface area contributed by atoms with Crippen LogP contribution in [0.4, 0.5) is 20.2 Å². The van der Waals surface area contributed by atoms with Gasteiger partial charge in [0.1, 0.15) is 5.56 Å². The third-order valence-electron chi connectivity index (χ3n) is 3.20. The fourth-order valence-electron chi connectivity index (χ4n) is 2.10. The number of nitro benzene ring substituents is 1. The van der Waals surface area contributed by atoms with E-state index in [1.54, 1.807) is 12.1 Å². The zero-order chi connectivity index (χ0) is 20.0. The lowest BCUT2D eigenvalue weighted by Gasteiger charge is -2.11. The minimum Gasteiger partial charge on any atom is -0.343 e. The van der Waals surface area contributed by atoms with E-state index in [1.807, 2.05) is 0 Å². The van der Waals surface area contributed by atoms with Crippen molar-refractivity contribution in [3.05, 3.63) is 63.2 Å². The van der Waals surface area contributed by atoms with Crippen LogP contribution in [0.3, 0.4) is 0 Å². The summed E-state index contributed by atoms with van der Waals surface area (Å²) in [7, 11) is 0. The van der Waals surface area contributed by atoms with Crippen LogP contribution in [0.2, 0.25) is 5.02 Å². The number of nitrogens with zero attached hydrogens (tertiary/aromatic N) is 1. The van der Waals surface area contributed by atoms with Gasteiger partial charge >= 0.3 is 0 Å². The number of carbonyl (C=O) groups excluding carboxylic acids is 2. The van der Waals surface area contributed by atoms with E-state index >= 15 is 0 Å². The van der Waals surface area contributed by atoms with Gasteiger partial charge in [-0.1, -0.05) is 41.6 Å². The Balaban J connectivity index is 2.05. The fourth-order valence-corrected chi connectivity index (χ4v) is 2.95. The minimum absolute atomic E-state index is 0.138. The van der Waals surface area contributed by atoms with Gasteiger partial charge in [0.05, 0.1) is 22.2 Å². The monoisotopic (exact) mass is 415 g/mol. The first kappa shape index (κ1) is 20.6. The molecular weight excluding hydrogens is 404 g/mol. The van der Waals surface area contributed by atoms with Crippen molar-refractivity contribution in [3.63, 3.8) is 0 Å². The van der Waals surface area contributed by atoms with Crippen LogP contribution in [-0.2, 0) is 4.79 Å². The van der Waals surface area contributed by atoms with E-state index in [9.17, 15) is 28.5 Å². The van der Waals surface area contributed by atoms with E-state index < -0.39 is 34.7 Å². The molecule has 0 aliphatic rings. The van der Waals surface area contributed by atoms with E-state index in [-0.39, 0.29) is 32.9 Å². The highest BCUT2D eigenvalue weighted by atomic mass is 35.5. The number of benzene rings is 2. The van der Waals surface area contributed by atoms with Gasteiger partial charge in [-0.05, 0) is 18.2 Å². The number of carbonyl (C=O) groups is 2. The summed E-state index contributed by atoms with van der Waals surface area (Å²) in [6.45, 7) is -0.533. The Morgan fingerprint density at radius 2 is 1.89 bits per heavy atom. The van der Waals surface area contributed by atoms with Gasteiger partial charge in [-0.2, -0.15) is 8.78 Å². The number of nitro groups is 1. The number of alkyl halides is 2. The first-order chi connectivity index (χ1) is 12.8. The van der Waals surface area contributed by atoms with Gasteiger partial charge in [-0.3, -0.25) is 19.7 Å². The molecule has 2 N–H and O–H groups in total. The van der Waals surface area contributed by atoms with Crippen molar-refractivity contribution in [2.24, 2.45) is 0 Å². The average molecular weight is 416 g/mol. The van der Waals surface area contributed by atoms with Crippen LogP contribution >= 0.6 is 23.4 Å². The molecule has 0 aromatic heterocycles. The smallest absolute Gasteiger partial charge is 0.288 e. The van der Waals surface area contributed by atoms with Crippen molar-refractivity contribution in [3.8, 4) is 0 Å². The SMILES string of the molecule is O=C(CNC(=O)c1c(Cl)cccc1[N+](=O)[O-])Nc1ccccc1SC(F)F. The van der Waals surface area contributed by atoms with Gasteiger partial charge in [-0.25, -0.2) is 0 Å². The molecule has 0 saturated carbocycles. The van der Waals surface area contributed by atoms with Gasteiger partial charge in [0.2, 0.25) is 5.91 Å². The minimum atomic E-state index is -2.66. The summed E-state index contributed by atoms with van der Waals surface area (Å²) in [5, 5.41) is 15.5. The van der Waals surface area contributed by atoms with Gasteiger partial charge in [0.15, 0.2) is 0 Å². The van der Waals surface area contributed by atoms with E-state index in [2.05, 4.69) is 10.6 Å². The molecule has 0 atom stereocenters. The molecule has 0 spiro atoms. The van der Waals surface area contributed by atoms with Crippen molar-refractivity contribution in [1.29, 1.82) is 0 Å². The number of amides is 2. The summed E-state index contributed by atoms with van der Waals surface area (Å²) in [5.41, 5.74) is -0.713. The van der Waals surface area contributed by atoms with E-state index in [4.69, 9.17) is 11.6 Å². The number of thioether (sulfide) groups is 1. The van der Waals surface area contributed by atoms with Crippen LogP contribution < -0.4 is 10.6 Å². The predicted octanol–water partition coefficient (Wildman–Crippen LogP) is 3.93. The number of hydrogen-bond acceptors (Lipinski definition) is 5. The molecule has 27 heavy (non-hydrogen) atoms. The number of halogens is 3. The molecule has 0 fully saturated rings. The average Bonchev–Trinajstić information content (AvgIpc) is 2.60. The molecular formula is C16H12ClF2N3O4S.